The second kappa shape index (κ2) is 10.4. The Kier molecular flexibility index (Phi) is 7.83. The molecule has 0 unspecified atom stereocenters. The Bertz CT molecular complexity index is 1220. The monoisotopic (exact) mass is 496 g/mol. The lowest BCUT2D eigenvalue weighted by molar-refractivity contribution is -0.140. The number of methoxy groups -OCH3 is 1. The number of hydrogen-bond acceptors (Lipinski definition) is 5. The molecule has 0 bridgehead atoms. The van der Waals surface area contributed by atoms with E-state index in [4.69, 9.17) is 4.74 Å². The van der Waals surface area contributed by atoms with Crippen molar-refractivity contribution in [2.24, 2.45) is 0 Å². The van der Waals surface area contributed by atoms with Gasteiger partial charge in [0.1, 0.15) is 11.4 Å². The molecule has 1 aromatic carbocycles. The van der Waals surface area contributed by atoms with E-state index in [1.165, 1.54) is 22.9 Å². The van der Waals surface area contributed by atoms with Crippen LogP contribution in [0.25, 0.3) is 10.9 Å². The van der Waals surface area contributed by atoms with E-state index in [1.54, 1.807) is 36.3 Å². The van der Waals surface area contributed by atoms with Gasteiger partial charge in [0.15, 0.2) is 0 Å². The summed E-state index contributed by atoms with van der Waals surface area (Å²) < 4.78 is 45.2. The third-order valence-corrected chi connectivity index (χ3v) is 5.75. The number of carbonyl (C=O) groups is 1. The molecule has 0 radical (unpaired) electrons. The van der Waals surface area contributed by atoms with Crippen LogP contribution in [0.4, 0.5) is 13.2 Å². The van der Waals surface area contributed by atoms with Crippen molar-refractivity contribution in [3.05, 3.63) is 70.3 Å². The molecule has 3 heterocycles. The predicted molar refractivity (Wildman–Crippen MR) is 124 cm³/mol. The fourth-order valence-corrected chi connectivity index (χ4v) is 3.86. The summed E-state index contributed by atoms with van der Waals surface area (Å²) in [6.45, 7) is 3.42. The van der Waals surface area contributed by atoms with Gasteiger partial charge in [-0.1, -0.05) is 6.07 Å². The maximum Gasteiger partial charge on any atom is 0.433 e. The van der Waals surface area contributed by atoms with Crippen molar-refractivity contribution in [1.29, 1.82) is 0 Å². The van der Waals surface area contributed by atoms with E-state index in [0.717, 1.165) is 6.07 Å². The SMILES string of the molecule is COc1cccc(C(=O)N2CCN(CCn3ccc4nc(C(F)(F)F)ccc4c3=O)CC2)c1.Cl. The van der Waals surface area contributed by atoms with Crippen molar-refractivity contribution in [2.75, 3.05) is 39.8 Å². The molecule has 182 valence electrons. The lowest BCUT2D eigenvalue weighted by Gasteiger charge is -2.34. The topological polar surface area (TPSA) is 67.7 Å². The summed E-state index contributed by atoms with van der Waals surface area (Å²) in [7, 11) is 1.56. The molecule has 0 atom stereocenters. The smallest absolute Gasteiger partial charge is 0.433 e. The van der Waals surface area contributed by atoms with E-state index in [2.05, 4.69) is 9.88 Å². The molecule has 0 aliphatic carbocycles. The van der Waals surface area contributed by atoms with Crippen molar-refractivity contribution < 1.29 is 22.7 Å². The van der Waals surface area contributed by atoms with Crippen molar-refractivity contribution in [1.82, 2.24) is 19.4 Å². The van der Waals surface area contributed by atoms with Crippen LogP contribution in [0.1, 0.15) is 16.1 Å². The zero-order chi connectivity index (χ0) is 23.6. The molecule has 0 N–H and O–H groups in total. The number of hydrogen-bond donors (Lipinski definition) is 0. The maximum absolute atomic E-state index is 12.8. The van der Waals surface area contributed by atoms with Gasteiger partial charge in [-0.15, -0.1) is 12.4 Å². The zero-order valence-electron chi connectivity index (χ0n) is 18.4. The summed E-state index contributed by atoms with van der Waals surface area (Å²) in [6, 6.07) is 10.5. The molecule has 11 heteroatoms. The first kappa shape index (κ1) is 25.5. The van der Waals surface area contributed by atoms with Crippen LogP contribution in [0.5, 0.6) is 5.75 Å². The number of pyridine rings is 2. The van der Waals surface area contributed by atoms with Gasteiger partial charge in [0.25, 0.3) is 11.5 Å². The molecule has 1 amide bonds. The molecule has 0 spiro atoms. The summed E-state index contributed by atoms with van der Waals surface area (Å²) in [6.07, 6.45) is -3.08. The lowest BCUT2D eigenvalue weighted by Crippen LogP contribution is -2.49. The maximum atomic E-state index is 12.8. The first-order valence-electron chi connectivity index (χ1n) is 10.5. The Morgan fingerprint density at radius 3 is 2.47 bits per heavy atom. The van der Waals surface area contributed by atoms with Gasteiger partial charge in [0, 0.05) is 51.0 Å². The fourth-order valence-electron chi connectivity index (χ4n) is 3.86. The lowest BCUT2D eigenvalue weighted by atomic mass is 10.1. The van der Waals surface area contributed by atoms with Crippen LogP contribution >= 0.6 is 12.4 Å². The number of aromatic nitrogens is 2. The van der Waals surface area contributed by atoms with Crippen molar-refractivity contribution in [3.63, 3.8) is 0 Å². The predicted octanol–water partition coefficient (Wildman–Crippen LogP) is 3.30. The van der Waals surface area contributed by atoms with Gasteiger partial charge in [-0.05, 0) is 36.4 Å². The highest BCUT2D eigenvalue weighted by molar-refractivity contribution is 5.94. The van der Waals surface area contributed by atoms with Crippen LogP contribution in [0.15, 0.2) is 53.5 Å². The molecule has 34 heavy (non-hydrogen) atoms. The molecule has 7 nitrogen and oxygen atoms in total. The van der Waals surface area contributed by atoms with Crippen LogP contribution in [0.3, 0.4) is 0 Å². The number of amides is 1. The number of halogens is 4. The van der Waals surface area contributed by atoms with Crippen LogP contribution in [-0.2, 0) is 12.7 Å². The molecule has 1 aliphatic heterocycles. The largest absolute Gasteiger partial charge is 0.497 e. The second-order valence-electron chi connectivity index (χ2n) is 7.81. The number of benzene rings is 1. The Hall–Kier alpha value is -3.11. The number of nitrogens with zero attached hydrogens (tertiary/aromatic N) is 4. The molecule has 1 saturated heterocycles. The number of piperazine rings is 1. The number of alkyl halides is 3. The highest BCUT2D eigenvalue weighted by Gasteiger charge is 2.32. The minimum Gasteiger partial charge on any atom is -0.497 e. The van der Waals surface area contributed by atoms with Crippen LogP contribution in [0, 0.1) is 0 Å². The summed E-state index contributed by atoms with van der Waals surface area (Å²) in [5.74, 6) is 0.579. The van der Waals surface area contributed by atoms with Crippen LogP contribution in [0.2, 0.25) is 0 Å². The molecular formula is C23H24ClF3N4O3. The minimum absolute atomic E-state index is 0. The third-order valence-electron chi connectivity index (χ3n) is 5.75. The van der Waals surface area contributed by atoms with Gasteiger partial charge in [-0.3, -0.25) is 14.5 Å². The second-order valence-corrected chi connectivity index (χ2v) is 7.81. The van der Waals surface area contributed by atoms with E-state index in [9.17, 15) is 22.8 Å². The molecule has 0 saturated carbocycles. The van der Waals surface area contributed by atoms with E-state index >= 15 is 0 Å². The number of carbonyl (C=O) groups excluding carboxylic acids is 1. The van der Waals surface area contributed by atoms with Crippen molar-refractivity contribution in [2.45, 2.75) is 12.7 Å². The standard InChI is InChI=1S/C23H23F3N4O3.ClH/c1-33-17-4-2-3-16(15-17)21(31)30-13-10-28(11-14-30)9-12-29-8-7-19-18(22(29)32)5-6-20(27-19)23(24,25)26;/h2-8,15H,9-14H2,1H3;1H. The zero-order valence-corrected chi connectivity index (χ0v) is 19.2. The first-order valence-corrected chi connectivity index (χ1v) is 10.5. The Morgan fingerprint density at radius 2 is 1.79 bits per heavy atom. The number of rotatable bonds is 5. The van der Waals surface area contributed by atoms with E-state index in [-0.39, 0.29) is 34.8 Å². The van der Waals surface area contributed by atoms with E-state index in [1.807, 2.05) is 0 Å². The summed E-state index contributed by atoms with van der Waals surface area (Å²) >= 11 is 0. The third kappa shape index (κ3) is 5.51. The van der Waals surface area contributed by atoms with Crippen molar-refractivity contribution in [3.8, 4) is 5.75 Å². The quantitative estimate of drug-likeness (QED) is 0.542. The minimum atomic E-state index is -4.56. The molecule has 1 aliphatic rings. The molecule has 2 aromatic heterocycles. The van der Waals surface area contributed by atoms with Gasteiger partial charge >= 0.3 is 6.18 Å². The highest BCUT2D eigenvalue weighted by Crippen LogP contribution is 2.28. The molecule has 4 rings (SSSR count). The average molecular weight is 497 g/mol. The molecule has 3 aromatic rings. The van der Waals surface area contributed by atoms with Crippen LogP contribution in [-0.4, -0.2) is 65.1 Å². The normalized spacial score (nSPS) is 14.6. The average Bonchev–Trinajstić information content (AvgIpc) is 2.83. The summed E-state index contributed by atoms with van der Waals surface area (Å²) in [4.78, 5) is 32.9. The van der Waals surface area contributed by atoms with E-state index < -0.39 is 11.9 Å². The van der Waals surface area contributed by atoms with Gasteiger partial charge in [0.2, 0.25) is 0 Å². The van der Waals surface area contributed by atoms with Crippen LogP contribution < -0.4 is 10.3 Å². The van der Waals surface area contributed by atoms with Gasteiger partial charge in [-0.25, -0.2) is 4.98 Å². The van der Waals surface area contributed by atoms with Gasteiger partial charge in [0.05, 0.1) is 18.0 Å². The number of fused-ring (bicyclic) bond motifs is 1. The van der Waals surface area contributed by atoms with Gasteiger partial charge < -0.3 is 14.2 Å². The fraction of sp³-hybridized carbons (Fsp3) is 0.348. The summed E-state index contributed by atoms with van der Waals surface area (Å²) in [5, 5.41) is 0.152. The number of ether oxygens (including phenoxy) is 1. The van der Waals surface area contributed by atoms with E-state index in [0.29, 0.717) is 50.6 Å². The first-order chi connectivity index (χ1) is 15.8. The Morgan fingerprint density at radius 1 is 1.06 bits per heavy atom. The highest BCUT2D eigenvalue weighted by atomic mass is 35.5. The van der Waals surface area contributed by atoms with Gasteiger partial charge in [-0.2, -0.15) is 13.2 Å². The summed E-state index contributed by atoms with van der Waals surface area (Å²) in [5.41, 5.74) is -0.794. The molecular weight excluding hydrogens is 473 g/mol. The Balaban J connectivity index is 0.00000324. The Labute approximate surface area is 200 Å². The molecule has 1 fully saturated rings. The van der Waals surface area contributed by atoms with Crippen molar-refractivity contribution >= 4 is 29.2 Å².